The fourth-order valence-corrected chi connectivity index (χ4v) is 4.97. The van der Waals surface area contributed by atoms with Crippen molar-refractivity contribution in [2.45, 2.75) is 50.9 Å². The number of aromatic nitrogens is 2. The van der Waals surface area contributed by atoms with Crippen molar-refractivity contribution in [3.8, 4) is 22.5 Å². The van der Waals surface area contributed by atoms with Gasteiger partial charge in [0.2, 0.25) is 0 Å². The first-order valence-corrected chi connectivity index (χ1v) is 12.3. The van der Waals surface area contributed by atoms with E-state index < -0.39 is 91.2 Å². The minimum atomic E-state index is -5.63. The molecule has 0 unspecified atom stereocenters. The van der Waals surface area contributed by atoms with Crippen LogP contribution in [0, 0.1) is 35.4 Å². The normalized spacial score (nSPS) is 15.4. The summed E-state index contributed by atoms with van der Waals surface area (Å²) in [5, 5.41) is 0. The minimum absolute atomic E-state index is 0. The molecule has 0 N–H and O–H groups in total. The monoisotopic (exact) mass is 791 g/mol. The summed E-state index contributed by atoms with van der Waals surface area (Å²) in [5.41, 5.74) is -13.2. The summed E-state index contributed by atoms with van der Waals surface area (Å²) >= 11 is 0. The maximum atomic E-state index is 15.6. The van der Waals surface area contributed by atoms with Crippen LogP contribution >= 0.6 is 0 Å². The summed E-state index contributed by atoms with van der Waals surface area (Å²) in [7, 11) is 0. The SMILES string of the molecule is CC1(C)c2cccc(n2)-c2[c-]c(c(F)c(C(F)(F)F)c2F)C(C)(C)c2[c-]c(c(F)c(C(F)(F)F)c2F)-c2cccc1n2.[Pt+2]. The Morgan fingerprint density at radius 2 is 0.907 bits per heavy atom. The maximum Gasteiger partial charge on any atom is 2.00 e. The predicted octanol–water partition coefficient (Wildman–Crippen LogP) is 8.97. The van der Waals surface area contributed by atoms with E-state index >= 15 is 17.6 Å². The molecule has 2 nitrogen and oxygen atoms in total. The number of hydrogen-bond donors (Lipinski definition) is 0. The van der Waals surface area contributed by atoms with Gasteiger partial charge in [-0.2, -0.15) is 26.3 Å². The molecule has 1 aliphatic heterocycles. The van der Waals surface area contributed by atoms with Gasteiger partial charge in [-0.1, -0.05) is 60.4 Å². The fourth-order valence-electron chi connectivity index (χ4n) is 4.97. The van der Waals surface area contributed by atoms with Crippen LogP contribution in [0.2, 0.25) is 0 Å². The van der Waals surface area contributed by atoms with Gasteiger partial charge in [0.15, 0.2) is 0 Å². The van der Waals surface area contributed by atoms with Gasteiger partial charge in [-0.25, -0.2) is 0 Å². The molecule has 5 rings (SSSR count). The van der Waals surface area contributed by atoms with Crippen molar-refractivity contribution in [1.29, 1.82) is 0 Å². The summed E-state index contributed by atoms with van der Waals surface area (Å²) < 4.78 is 147. The van der Waals surface area contributed by atoms with E-state index in [4.69, 9.17) is 0 Å². The second-order valence-electron chi connectivity index (χ2n) is 10.8. The Bertz CT molecular complexity index is 1630. The van der Waals surface area contributed by atoms with Gasteiger partial charge in [0.25, 0.3) is 0 Å². The minimum Gasteiger partial charge on any atom is -0.300 e. The van der Waals surface area contributed by atoms with E-state index in [1.54, 1.807) is 13.8 Å². The Morgan fingerprint density at radius 3 is 1.23 bits per heavy atom. The zero-order valence-electron chi connectivity index (χ0n) is 22.5. The van der Waals surface area contributed by atoms with Crippen LogP contribution in [0.15, 0.2) is 36.4 Å². The topological polar surface area (TPSA) is 25.8 Å². The standard InChI is InChI=1S/C30H18F10N2.Pt/c1-27(2)15-11-13(23(31)21(25(15)33)29(35,36)37)17-7-5-9-19(41-17)28(3,4)20-10-6-8-18(42-20)14-12-16(27)26(34)22(24(14)32)30(38,39)40;/h5-10H,1-4H3;/q-2;+2. The van der Waals surface area contributed by atoms with E-state index in [-0.39, 0.29) is 32.5 Å². The van der Waals surface area contributed by atoms with E-state index in [2.05, 4.69) is 22.1 Å². The first-order valence-electron chi connectivity index (χ1n) is 12.3. The fraction of sp³-hybridized carbons (Fsp3) is 0.267. The molecule has 8 bridgehead atoms. The van der Waals surface area contributed by atoms with E-state index in [1.807, 2.05) is 0 Å². The molecule has 0 saturated heterocycles. The second-order valence-corrected chi connectivity index (χ2v) is 10.8. The van der Waals surface area contributed by atoms with E-state index in [1.165, 1.54) is 24.3 Å². The molecule has 13 heteroatoms. The Kier molecular flexibility index (Phi) is 7.91. The Labute approximate surface area is 253 Å². The third-order valence-corrected chi connectivity index (χ3v) is 7.36. The van der Waals surface area contributed by atoms with Crippen molar-refractivity contribution < 1.29 is 65.0 Å². The van der Waals surface area contributed by atoms with Crippen LogP contribution in [0.5, 0.6) is 0 Å². The van der Waals surface area contributed by atoms with Gasteiger partial charge < -0.3 is 9.97 Å². The summed E-state index contributed by atoms with van der Waals surface area (Å²) in [6.45, 7) is 4.91. The molecule has 3 heterocycles. The molecule has 228 valence electrons. The van der Waals surface area contributed by atoms with Crippen LogP contribution in [0.4, 0.5) is 43.9 Å². The average molecular weight is 792 g/mol. The van der Waals surface area contributed by atoms with Gasteiger partial charge in [0.05, 0.1) is 23.3 Å². The van der Waals surface area contributed by atoms with E-state index in [0.717, 1.165) is 26.0 Å². The number of halogens is 10. The first-order chi connectivity index (χ1) is 19.3. The van der Waals surface area contributed by atoms with Crippen molar-refractivity contribution in [2.24, 2.45) is 0 Å². The predicted molar refractivity (Wildman–Crippen MR) is 131 cm³/mol. The molecule has 0 radical (unpaired) electrons. The average Bonchev–Trinajstić information content (AvgIpc) is 2.86. The van der Waals surface area contributed by atoms with Crippen LogP contribution in [0.1, 0.15) is 61.3 Å². The van der Waals surface area contributed by atoms with Gasteiger partial charge in [-0.05, 0) is 42.8 Å². The molecular weight excluding hydrogens is 773 g/mol. The molecular formula is C30H18F10N2Pt. The van der Waals surface area contributed by atoms with Crippen molar-refractivity contribution in [2.75, 3.05) is 0 Å². The molecule has 1 aliphatic rings. The van der Waals surface area contributed by atoms with Gasteiger partial charge in [0.1, 0.15) is 0 Å². The van der Waals surface area contributed by atoms with Gasteiger partial charge in [-0.3, -0.25) is 17.6 Å². The molecule has 0 fully saturated rings. The summed E-state index contributed by atoms with van der Waals surface area (Å²) in [6, 6.07) is 12.3. The number of benzene rings is 2. The van der Waals surface area contributed by atoms with Crippen LogP contribution in [0.3, 0.4) is 0 Å². The summed E-state index contributed by atoms with van der Waals surface area (Å²) in [6.07, 6.45) is -11.3. The van der Waals surface area contributed by atoms with Gasteiger partial charge >= 0.3 is 33.4 Å². The van der Waals surface area contributed by atoms with Crippen molar-refractivity contribution in [3.63, 3.8) is 0 Å². The van der Waals surface area contributed by atoms with Gasteiger partial charge in [0, 0.05) is 27.9 Å². The number of rotatable bonds is 0. The molecule has 0 saturated carbocycles. The van der Waals surface area contributed by atoms with Crippen LogP contribution in [-0.2, 0) is 44.2 Å². The number of alkyl halides is 6. The van der Waals surface area contributed by atoms with Gasteiger partial charge in [-0.15, -0.1) is 12.1 Å². The third kappa shape index (κ3) is 5.15. The number of fused-ring (bicyclic) bond motifs is 10. The Hall–Kier alpha value is -3.27. The summed E-state index contributed by atoms with van der Waals surface area (Å²) in [4.78, 5) is 8.61. The second kappa shape index (κ2) is 10.4. The largest absolute Gasteiger partial charge is 2.00 e. The molecule has 0 amide bonds. The van der Waals surface area contributed by atoms with E-state index in [0.29, 0.717) is 0 Å². The van der Waals surface area contributed by atoms with E-state index in [9.17, 15) is 26.3 Å². The van der Waals surface area contributed by atoms with Crippen molar-refractivity contribution in [3.05, 3.63) is 105 Å². The zero-order valence-corrected chi connectivity index (χ0v) is 24.7. The molecule has 2 aromatic carbocycles. The molecule has 0 spiro atoms. The Balaban J connectivity index is 0.00000423. The van der Waals surface area contributed by atoms with Crippen LogP contribution < -0.4 is 0 Å². The Morgan fingerprint density at radius 1 is 0.558 bits per heavy atom. The van der Waals surface area contributed by atoms with Crippen LogP contribution in [-0.4, -0.2) is 9.97 Å². The number of nitrogens with zero attached hydrogens (tertiary/aromatic N) is 2. The molecule has 4 aromatic rings. The summed E-state index contributed by atoms with van der Waals surface area (Å²) in [5.74, 6) is -8.61. The number of hydrogen-bond acceptors (Lipinski definition) is 2. The first kappa shape index (κ1) is 32.6. The van der Waals surface area contributed by atoms with Crippen molar-refractivity contribution >= 4 is 0 Å². The molecule has 2 aromatic heterocycles. The third-order valence-electron chi connectivity index (χ3n) is 7.36. The van der Waals surface area contributed by atoms with Crippen LogP contribution in [0.25, 0.3) is 22.5 Å². The molecule has 0 aliphatic carbocycles. The number of pyridine rings is 2. The smallest absolute Gasteiger partial charge is 0.300 e. The zero-order chi connectivity index (χ0) is 31.2. The molecule has 43 heavy (non-hydrogen) atoms. The molecule has 0 atom stereocenters. The maximum absolute atomic E-state index is 15.6. The van der Waals surface area contributed by atoms with Crippen molar-refractivity contribution in [1.82, 2.24) is 9.97 Å². The quantitative estimate of drug-likeness (QED) is 0.131.